The standard InChI is InChI=1S/C15H17NO3S/c1-11(2)19-10-9-16-13-7-3-5-12-6-4-8-14(15(12)13)20(16,17)18/h3-8,11H,9-10H2,1-2H3. The molecule has 0 fully saturated rings. The molecule has 0 saturated heterocycles. The smallest absolute Gasteiger partial charge is 0.265 e. The van der Waals surface area contributed by atoms with Gasteiger partial charge in [-0.05, 0) is 31.4 Å². The molecule has 0 N–H and O–H groups in total. The Hall–Kier alpha value is -1.59. The van der Waals surface area contributed by atoms with Gasteiger partial charge >= 0.3 is 0 Å². The Bertz CT molecular complexity index is 748. The molecule has 0 aliphatic carbocycles. The maximum atomic E-state index is 12.6. The predicted octanol–water partition coefficient (Wildman–Crippen LogP) is 2.77. The number of benzene rings is 2. The van der Waals surface area contributed by atoms with Crippen LogP contribution in [-0.2, 0) is 14.8 Å². The van der Waals surface area contributed by atoms with E-state index < -0.39 is 10.0 Å². The van der Waals surface area contributed by atoms with Crippen LogP contribution in [0.15, 0.2) is 41.3 Å². The van der Waals surface area contributed by atoms with Gasteiger partial charge in [0.05, 0.1) is 29.8 Å². The van der Waals surface area contributed by atoms with E-state index in [0.29, 0.717) is 18.0 Å². The van der Waals surface area contributed by atoms with Crippen LogP contribution >= 0.6 is 0 Å². The number of hydrogen-bond acceptors (Lipinski definition) is 3. The van der Waals surface area contributed by atoms with Crippen LogP contribution in [0.2, 0.25) is 0 Å². The summed E-state index contributed by atoms with van der Waals surface area (Å²) >= 11 is 0. The maximum Gasteiger partial charge on any atom is 0.265 e. The summed E-state index contributed by atoms with van der Waals surface area (Å²) in [4.78, 5) is 0.398. The van der Waals surface area contributed by atoms with Gasteiger partial charge in [0.15, 0.2) is 0 Å². The molecule has 0 saturated carbocycles. The van der Waals surface area contributed by atoms with Gasteiger partial charge in [-0.3, -0.25) is 4.31 Å². The summed E-state index contributed by atoms with van der Waals surface area (Å²) < 4.78 is 32.2. The molecule has 2 aromatic rings. The minimum Gasteiger partial charge on any atom is -0.377 e. The first-order valence-electron chi connectivity index (χ1n) is 6.68. The molecule has 3 rings (SSSR count). The first-order valence-corrected chi connectivity index (χ1v) is 8.12. The third kappa shape index (κ3) is 1.98. The van der Waals surface area contributed by atoms with E-state index in [4.69, 9.17) is 4.74 Å². The topological polar surface area (TPSA) is 46.6 Å². The fourth-order valence-corrected chi connectivity index (χ4v) is 4.26. The molecular formula is C15H17NO3S. The van der Waals surface area contributed by atoms with Crippen molar-refractivity contribution in [2.24, 2.45) is 0 Å². The molecule has 0 bridgehead atoms. The van der Waals surface area contributed by atoms with E-state index in [2.05, 4.69) is 0 Å². The average Bonchev–Trinajstić information content (AvgIpc) is 2.62. The molecular weight excluding hydrogens is 274 g/mol. The van der Waals surface area contributed by atoms with E-state index in [1.807, 2.05) is 38.1 Å². The summed E-state index contributed by atoms with van der Waals surface area (Å²) in [7, 11) is -3.44. The van der Waals surface area contributed by atoms with Gasteiger partial charge in [-0.1, -0.05) is 24.3 Å². The number of anilines is 1. The van der Waals surface area contributed by atoms with Crippen molar-refractivity contribution in [3.8, 4) is 0 Å². The lowest BCUT2D eigenvalue weighted by Crippen LogP contribution is -2.31. The van der Waals surface area contributed by atoms with Gasteiger partial charge in [0.25, 0.3) is 10.0 Å². The number of sulfonamides is 1. The zero-order chi connectivity index (χ0) is 14.3. The second kappa shape index (κ2) is 4.75. The van der Waals surface area contributed by atoms with Crippen molar-refractivity contribution in [3.63, 3.8) is 0 Å². The minimum atomic E-state index is -3.44. The Morgan fingerprint density at radius 3 is 2.55 bits per heavy atom. The molecule has 20 heavy (non-hydrogen) atoms. The van der Waals surface area contributed by atoms with E-state index in [1.165, 1.54) is 4.31 Å². The predicted molar refractivity (Wildman–Crippen MR) is 79.6 cm³/mol. The second-order valence-corrected chi connectivity index (χ2v) is 6.96. The van der Waals surface area contributed by atoms with E-state index in [1.54, 1.807) is 12.1 Å². The largest absolute Gasteiger partial charge is 0.377 e. The molecule has 1 heterocycles. The Kier molecular flexibility index (Phi) is 3.18. The van der Waals surface area contributed by atoms with Crippen LogP contribution in [0.3, 0.4) is 0 Å². The Morgan fingerprint density at radius 2 is 1.85 bits per heavy atom. The highest BCUT2D eigenvalue weighted by Gasteiger charge is 2.35. The Labute approximate surface area is 119 Å². The lowest BCUT2D eigenvalue weighted by atomic mass is 10.1. The highest BCUT2D eigenvalue weighted by Crippen LogP contribution is 2.41. The molecule has 1 aliphatic heterocycles. The minimum absolute atomic E-state index is 0.0958. The number of rotatable bonds is 4. The molecule has 4 nitrogen and oxygen atoms in total. The molecule has 0 radical (unpaired) electrons. The fourth-order valence-electron chi connectivity index (χ4n) is 2.57. The van der Waals surface area contributed by atoms with Crippen molar-refractivity contribution in [2.75, 3.05) is 17.5 Å². The summed E-state index contributed by atoms with van der Waals surface area (Å²) in [5, 5.41) is 1.77. The summed E-state index contributed by atoms with van der Waals surface area (Å²) in [5.74, 6) is 0. The first kappa shape index (κ1) is 13.4. The molecule has 1 aliphatic rings. The van der Waals surface area contributed by atoms with Crippen molar-refractivity contribution in [2.45, 2.75) is 24.8 Å². The van der Waals surface area contributed by atoms with Crippen LogP contribution in [0.4, 0.5) is 5.69 Å². The summed E-state index contributed by atoms with van der Waals surface area (Å²) in [6.07, 6.45) is 0.0958. The van der Waals surface area contributed by atoms with Crippen molar-refractivity contribution >= 4 is 26.5 Å². The monoisotopic (exact) mass is 291 g/mol. The number of hydrogen-bond donors (Lipinski definition) is 0. The third-order valence-corrected chi connectivity index (χ3v) is 5.28. The Morgan fingerprint density at radius 1 is 1.15 bits per heavy atom. The van der Waals surface area contributed by atoms with Crippen molar-refractivity contribution < 1.29 is 13.2 Å². The molecule has 0 atom stereocenters. The number of ether oxygens (including phenoxy) is 1. The lowest BCUT2D eigenvalue weighted by Gasteiger charge is -2.19. The maximum absolute atomic E-state index is 12.6. The summed E-state index contributed by atoms with van der Waals surface area (Å²) in [6.45, 7) is 4.61. The summed E-state index contributed by atoms with van der Waals surface area (Å²) in [5.41, 5.74) is 0.755. The van der Waals surface area contributed by atoms with Gasteiger partial charge in [0.2, 0.25) is 0 Å². The lowest BCUT2D eigenvalue weighted by molar-refractivity contribution is 0.0856. The highest BCUT2D eigenvalue weighted by molar-refractivity contribution is 7.93. The molecule has 0 aromatic heterocycles. The molecule has 0 amide bonds. The zero-order valence-corrected chi connectivity index (χ0v) is 12.4. The molecule has 106 valence electrons. The third-order valence-electron chi connectivity index (χ3n) is 3.43. The Balaban J connectivity index is 2.04. The second-order valence-electron chi connectivity index (χ2n) is 5.13. The van der Waals surface area contributed by atoms with Crippen LogP contribution in [0.5, 0.6) is 0 Å². The van der Waals surface area contributed by atoms with Gasteiger partial charge in [0, 0.05) is 5.39 Å². The van der Waals surface area contributed by atoms with Crippen molar-refractivity contribution in [1.82, 2.24) is 0 Å². The van der Waals surface area contributed by atoms with Crippen LogP contribution in [0.25, 0.3) is 10.8 Å². The molecule has 2 aromatic carbocycles. The van der Waals surface area contributed by atoms with E-state index in [9.17, 15) is 8.42 Å². The molecule has 5 heteroatoms. The summed E-state index contributed by atoms with van der Waals surface area (Å²) in [6, 6.07) is 11.1. The normalized spacial score (nSPS) is 16.2. The van der Waals surface area contributed by atoms with Gasteiger partial charge < -0.3 is 4.74 Å². The highest BCUT2D eigenvalue weighted by atomic mass is 32.2. The number of nitrogens with zero attached hydrogens (tertiary/aromatic N) is 1. The van der Waals surface area contributed by atoms with Gasteiger partial charge in [-0.2, -0.15) is 0 Å². The van der Waals surface area contributed by atoms with Crippen LogP contribution in [0, 0.1) is 0 Å². The SMILES string of the molecule is CC(C)OCCN1c2cccc3cccc(c23)S1(=O)=O. The molecule has 0 unspecified atom stereocenters. The van der Waals surface area contributed by atoms with Gasteiger partial charge in [0.1, 0.15) is 0 Å². The van der Waals surface area contributed by atoms with E-state index >= 15 is 0 Å². The molecule has 0 spiro atoms. The van der Waals surface area contributed by atoms with E-state index in [-0.39, 0.29) is 6.10 Å². The average molecular weight is 291 g/mol. The van der Waals surface area contributed by atoms with Crippen LogP contribution in [0.1, 0.15) is 13.8 Å². The van der Waals surface area contributed by atoms with Gasteiger partial charge in [-0.15, -0.1) is 0 Å². The van der Waals surface area contributed by atoms with Gasteiger partial charge in [-0.25, -0.2) is 8.42 Å². The zero-order valence-electron chi connectivity index (χ0n) is 11.5. The van der Waals surface area contributed by atoms with Crippen molar-refractivity contribution in [1.29, 1.82) is 0 Å². The van der Waals surface area contributed by atoms with Crippen molar-refractivity contribution in [3.05, 3.63) is 36.4 Å². The van der Waals surface area contributed by atoms with Crippen LogP contribution < -0.4 is 4.31 Å². The quantitative estimate of drug-likeness (QED) is 0.870. The van der Waals surface area contributed by atoms with Crippen LogP contribution in [-0.4, -0.2) is 27.7 Å². The van der Waals surface area contributed by atoms with E-state index in [0.717, 1.165) is 16.5 Å². The first-order chi connectivity index (χ1) is 9.51. The fraction of sp³-hybridized carbons (Fsp3) is 0.333.